The van der Waals surface area contributed by atoms with Crippen molar-refractivity contribution in [3.8, 4) is 0 Å². The average molecular weight is 228 g/mol. The number of amides is 1. The van der Waals surface area contributed by atoms with E-state index in [0.717, 1.165) is 32.1 Å². The standard InChI is InChI=1S/C11H20N2O3/c14-10-6-4-2-1-3-5-7-16-11(15)8-12-9-13-10/h12H,1-9H2,(H,13,14). The first-order valence-corrected chi connectivity index (χ1v) is 5.92. The van der Waals surface area contributed by atoms with Crippen LogP contribution in [0, 0.1) is 0 Å². The topological polar surface area (TPSA) is 67.4 Å². The van der Waals surface area contributed by atoms with Gasteiger partial charge in [-0.2, -0.15) is 0 Å². The summed E-state index contributed by atoms with van der Waals surface area (Å²) in [5, 5.41) is 5.51. The lowest BCUT2D eigenvalue weighted by molar-refractivity contribution is -0.142. The number of carbonyl (C=O) groups excluding carboxylic acids is 2. The van der Waals surface area contributed by atoms with Gasteiger partial charge in [0.15, 0.2) is 0 Å². The Hall–Kier alpha value is -1.10. The van der Waals surface area contributed by atoms with Crippen molar-refractivity contribution in [2.45, 2.75) is 38.5 Å². The van der Waals surface area contributed by atoms with E-state index in [2.05, 4.69) is 10.6 Å². The van der Waals surface area contributed by atoms with Crippen LogP contribution in [0.15, 0.2) is 0 Å². The zero-order valence-electron chi connectivity index (χ0n) is 9.59. The van der Waals surface area contributed by atoms with Gasteiger partial charge in [-0.3, -0.25) is 14.9 Å². The summed E-state index contributed by atoms with van der Waals surface area (Å²) >= 11 is 0. The van der Waals surface area contributed by atoms with E-state index in [0.29, 0.717) is 19.7 Å². The molecular formula is C11H20N2O3. The van der Waals surface area contributed by atoms with Gasteiger partial charge >= 0.3 is 5.97 Å². The zero-order chi connectivity index (χ0) is 11.6. The molecule has 1 saturated heterocycles. The highest BCUT2D eigenvalue weighted by molar-refractivity contribution is 5.76. The molecule has 2 N–H and O–H groups in total. The van der Waals surface area contributed by atoms with Gasteiger partial charge < -0.3 is 10.1 Å². The third-order valence-corrected chi connectivity index (χ3v) is 2.49. The summed E-state index contributed by atoms with van der Waals surface area (Å²) in [5.74, 6) is -0.218. The lowest BCUT2D eigenvalue weighted by atomic mass is 10.1. The minimum Gasteiger partial charge on any atom is -0.465 e. The highest BCUT2D eigenvalue weighted by Crippen LogP contribution is 2.05. The maximum atomic E-state index is 11.3. The summed E-state index contributed by atoms with van der Waals surface area (Å²) in [6, 6.07) is 0. The second-order valence-corrected chi connectivity index (χ2v) is 3.94. The fraction of sp³-hybridized carbons (Fsp3) is 0.818. The van der Waals surface area contributed by atoms with E-state index in [1.165, 1.54) is 0 Å². The summed E-state index contributed by atoms with van der Waals surface area (Å²) in [7, 11) is 0. The molecule has 0 bridgehead atoms. The molecule has 0 spiro atoms. The smallest absolute Gasteiger partial charge is 0.319 e. The number of esters is 1. The third-order valence-electron chi connectivity index (χ3n) is 2.49. The molecule has 92 valence electrons. The Labute approximate surface area is 95.9 Å². The molecule has 1 aliphatic heterocycles. The molecule has 1 aliphatic rings. The first kappa shape index (κ1) is 13.0. The summed E-state index contributed by atoms with van der Waals surface area (Å²) in [6.45, 7) is 0.987. The van der Waals surface area contributed by atoms with Crippen LogP contribution in [0.3, 0.4) is 0 Å². The number of rotatable bonds is 0. The molecule has 0 radical (unpaired) electrons. The average Bonchev–Trinajstić information content (AvgIpc) is 2.27. The van der Waals surface area contributed by atoms with E-state index in [-0.39, 0.29) is 18.4 Å². The zero-order valence-corrected chi connectivity index (χ0v) is 9.59. The Balaban J connectivity index is 2.24. The lowest BCUT2D eigenvalue weighted by Gasteiger charge is -2.09. The Morgan fingerprint density at radius 2 is 1.75 bits per heavy atom. The van der Waals surface area contributed by atoms with E-state index in [1.807, 2.05) is 0 Å². The van der Waals surface area contributed by atoms with Gasteiger partial charge in [0.1, 0.15) is 0 Å². The highest BCUT2D eigenvalue weighted by atomic mass is 16.5. The third kappa shape index (κ3) is 6.40. The highest BCUT2D eigenvalue weighted by Gasteiger charge is 2.04. The summed E-state index contributed by atoms with van der Waals surface area (Å²) in [6.07, 6.45) is 5.65. The molecule has 16 heavy (non-hydrogen) atoms. The van der Waals surface area contributed by atoms with Crippen LogP contribution >= 0.6 is 0 Å². The van der Waals surface area contributed by atoms with E-state index in [9.17, 15) is 9.59 Å². The van der Waals surface area contributed by atoms with E-state index in [1.54, 1.807) is 0 Å². The fourth-order valence-corrected chi connectivity index (χ4v) is 1.57. The molecule has 1 fully saturated rings. The Morgan fingerprint density at radius 1 is 1.00 bits per heavy atom. The molecular weight excluding hydrogens is 208 g/mol. The van der Waals surface area contributed by atoms with Gasteiger partial charge in [-0.1, -0.05) is 19.3 Å². The van der Waals surface area contributed by atoms with Crippen LogP contribution in [-0.4, -0.2) is 31.7 Å². The second kappa shape index (κ2) is 8.10. The molecule has 0 unspecified atom stereocenters. The minimum atomic E-state index is -0.258. The van der Waals surface area contributed by atoms with Crippen molar-refractivity contribution in [3.63, 3.8) is 0 Å². The number of carbonyl (C=O) groups is 2. The van der Waals surface area contributed by atoms with Crippen molar-refractivity contribution in [2.75, 3.05) is 19.8 Å². The number of hydrogen-bond acceptors (Lipinski definition) is 4. The predicted molar refractivity (Wildman–Crippen MR) is 59.7 cm³/mol. The Bertz CT molecular complexity index is 207. The van der Waals surface area contributed by atoms with E-state index >= 15 is 0 Å². The predicted octanol–water partition coefficient (Wildman–Crippen LogP) is 0.547. The van der Waals surface area contributed by atoms with Gasteiger partial charge in [0.2, 0.25) is 5.91 Å². The van der Waals surface area contributed by atoms with Crippen LogP contribution in [0.2, 0.25) is 0 Å². The van der Waals surface area contributed by atoms with Crippen LogP contribution in [0.5, 0.6) is 0 Å². The van der Waals surface area contributed by atoms with Gasteiger partial charge in [-0.05, 0) is 12.8 Å². The molecule has 1 amide bonds. The SMILES string of the molecule is O=C1CCCCCCCOC(=O)CNCN1. The Kier molecular flexibility index (Phi) is 6.56. The number of nitrogens with one attached hydrogen (secondary N) is 2. The van der Waals surface area contributed by atoms with Gasteiger partial charge in [0.25, 0.3) is 0 Å². The van der Waals surface area contributed by atoms with Crippen LogP contribution in [-0.2, 0) is 14.3 Å². The van der Waals surface area contributed by atoms with Crippen LogP contribution in [0.25, 0.3) is 0 Å². The van der Waals surface area contributed by atoms with Gasteiger partial charge in [-0.15, -0.1) is 0 Å². The van der Waals surface area contributed by atoms with E-state index in [4.69, 9.17) is 4.74 Å². The quantitative estimate of drug-likeness (QED) is 0.594. The molecule has 5 nitrogen and oxygen atoms in total. The second-order valence-electron chi connectivity index (χ2n) is 3.94. The number of hydrogen-bond donors (Lipinski definition) is 2. The van der Waals surface area contributed by atoms with Crippen molar-refractivity contribution in [2.24, 2.45) is 0 Å². The maximum absolute atomic E-state index is 11.3. The molecule has 0 aromatic carbocycles. The first-order chi connectivity index (χ1) is 7.79. The Morgan fingerprint density at radius 3 is 2.62 bits per heavy atom. The molecule has 0 aromatic rings. The van der Waals surface area contributed by atoms with Crippen molar-refractivity contribution < 1.29 is 14.3 Å². The van der Waals surface area contributed by atoms with Gasteiger partial charge in [0.05, 0.1) is 19.8 Å². The molecule has 1 heterocycles. The van der Waals surface area contributed by atoms with E-state index < -0.39 is 0 Å². The van der Waals surface area contributed by atoms with Crippen LogP contribution in [0.1, 0.15) is 38.5 Å². The van der Waals surface area contributed by atoms with Gasteiger partial charge in [0, 0.05) is 6.42 Å². The molecule has 5 heteroatoms. The largest absolute Gasteiger partial charge is 0.465 e. The summed E-state index contributed by atoms with van der Waals surface area (Å²) < 4.78 is 5.00. The minimum absolute atomic E-state index is 0.0397. The normalized spacial score (nSPS) is 21.8. The first-order valence-electron chi connectivity index (χ1n) is 5.92. The van der Waals surface area contributed by atoms with Crippen molar-refractivity contribution in [1.82, 2.24) is 10.6 Å². The maximum Gasteiger partial charge on any atom is 0.319 e. The summed E-state index contributed by atoms with van der Waals surface area (Å²) in [5.41, 5.74) is 0. The molecule has 0 aromatic heterocycles. The molecule has 0 aliphatic carbocycles. The number of cyclic esters (lactones) is 1. The molecule has 0 saturated carbocycles. The van der Waals surface area contributed by atoms with Gasteiger partial charge in [-0.25, -0.2) is 0 Å². The van der Waals surface area contributed by atoms with Crippen LogP contribution in [0.4, 0.5) is 0 Å². The fourth-order valence-electron chi connectivity index (χ4n) is 1.57. The van der Waals surface area contributed by atoms with Crippen molar-refractivity contribution in [3.05, 3.63) is 0 Å². The van der Waals surface area contributed by atoms with Crippen LogP contribution < -0.4 is 10.6 Å². The molecule has 0 atom stereocenters. The summed E-state index contributed by atoms with van der Waals surface area (Å²) in [4.78, 5) is 22.4. The monoisotopic (exact) mass is 228 g/mol. The molecule has 1 rings (SSSR count). The lowest BCUT2D eigenvalue weighted by Crippen LogP contribution is -2.36. The number of ether oxygens (including phenoxy) is 1. The van der Waals surface area contributed by atoms with Crippen molar-refractivity contribution >= 4 is 11.9 Å². The van der Waals surface area contributed by atoms with Crippen molar-refractivity contribution in [1.29, 1.82) is 0 Å².